The maximum Gasteiger partial charge on any atom is 0.442 e. The van der Waals surface area contributed by atoms with Crippen LogP contribution in [0.2, 0.25) is 0 Å². The van der Waals surface area contributed by atoms with Crippen molar-refractivity contribution in [3.8, 4) is 0 Å². The Bertz CT molecular complexity index is 354. The van der Waals surface area contributed by atoms with Crippen molar-refractivity contribution in [3.05, 3.63) is 40.1 Å². The Hall–Kier alpha value is -0.840. The molecule has 0 radical (unpaired) electrons. The first-order valence-corrected chi connectivity index (χ1v) is 4.39. The van der Waals surface area contributed by atoms with Gasteiger partial charge in [-0.05, 0) is 23.8 Å². The normalized spacial score (nSPS) is 13.1. The van der Waals surface area contributed by atoms with Crippen LogP contribution in [0.3, 0.4) is 0 Å². The minimum absolute atomic E-state index is 0.161. The summed E-state index contributed by atoms with van der Waals surface area (Å²) in [6.45, 7) is 0. The molecule has 1 aromatic rings. The number of halogens is 5. The minimum atomic E-state index is -4.91. The number of alkyl halides is 3. The lowest BCUT2D eigenvalue weighted by molar-refractivity contribution is -0.107. The quantitative estimate of drug-likeness (QED) is 0.666. The molecule has 76 valence electrons. The zero-order valence-electron chi connectivity index (χ0n) is 6.78. The third-order valence-corrected chi connectivity index (χ3v) is 1.91. The van der Waals surface area contributed by atoms with Crippen LogP contribution in [0.4, 0.5) is 17.6 Å². The van der Waals surface area contributed by atoms with Gasteiger partial charge in [-0.25, -0.2) is 4.39 Å². The van der Waals surface area contributed by atoms with E-state index in [4.69, 9.17) is 0 Å². The van der Waals surface area contributed by atoms with E-state index in [1.807, 2.05) is 0 Å². The van der Waals surface area contributed by atoms with Crippen LogP contribution in [0.1, 0.15) is 5.56 Å². The molecule has 0 amide bonds. The van der Waals surface area contributed by atoms with E-state index in [9.17, 15) is 17.6 Å². The van der Waals surface area contributed by atoms with Crippen LogP contribution in [0, 0.1) is 0 Å². The van der Waals surface area contributed by atoms with Crippen LogP contribution < -0.4 is 0 Å². The summed E-state index contributed by atoms with van der Waals surface area (Å²) in [7, 11) is 0. The van der Waals surface area contributed by atoms with Gasteiger partial charge >= 0.3 is 6.18 Å². The van der Waals surface area contributed by atoms with Crippen LogP contribution in [0.5, 0.6) is 0 Å². The topological polar surface area (TPSA) is 0 Å². The van der Waals surface area contributed by atoms with Gasteiger partial charge in [0.05, 0.1) is 0 Å². The van der Waals surface area contributed by atoms with Crippen LogP contribution in [-0.4, -0.2) is 6.18 Å². The van der Waals surface area contributed by atoms with Gasteiger partial charge in [0.25, 0.3) is 0 Å². The Morgan fingerprint density at radius 3 is 2.43 bits per heavy atom. The first kappa shape index (κ1) is 11.2. The Labute approximate surface area is 86.4 Å². The summed E-state index contributed by atoms with van der Waals surface area (Å²) >= 11 is 3.07. The number of hydrogen-bond donors (Lipinski definition) is 0. The van der Waals surface area contributed by atoms with E-state index in [2.05, 4.69) is 15.9 Å². The Balaban J connectivity index is 2.98. The van der Waals surface area contributed by atoms with Gasteiger partial charge in [0, 0.05) is 4.47 Å². The Morgan fingerprint density at radius 2 is 1.93 bits per heavy atom. The minimum Gasteiger partial charge on any atom is -0.202 e. The number of allylic oxidation sites excluding steroid dienone is 1. The molecule has 0 aliphatic carbocycles. The second-order valence-electron chi connectivity index (χ2n) is 2.55. The van der Waals surface area contributed by atoms with Gasteiger partial charge in [-0.1, -0.05) is 28.1 Å². The molecule has 5 heteroatoms. The molecule has 1 rings (SSSR count). The summed E-state index contributed by atoms with van der Waals surface area (Å²) in [5, 5.41) is 0. The molecular formula is C9H5BrF4. The van der Waals surface area contributed by atoms with E-state index in [1.54, 1.807) is 6.07 Å². The largest absolute Gasteiger partial charge is 0.442 e. The predicted octanol–water partition coefficient (Wildman–Crippen LogP) is 4.32. The summed E-state index contributed by atoms with van der Waals surface area (Å²) in [5.74, 6) is -2.10. The smallest absolute Gasteiger partial charge is 0.202 e. The fourth-order valence-electron chi connectivity index (χ4n) is 0.825. The van der Waals surface area contributed by atoms with Gasteiger partial charge in [0.15, 0.2) is 0 Å². The molecule has 0 saturated heterocycles. The first-order valence-electron chi connectivity index (χ1n) is 3.59. The average Bonchev–Trinajstić information content (AvgIpc) is 2.02. The fourth-order valence-corrected chi connectivity index (χ4v) is 1.24. The van der Waals surface area contributed by atoms with Crippen LogP contribution in [-0.2, 0) is 0 Å². The van der Waals surface area contributed by atoms with Crippen molar-refractivity contribution in [3.63, 3.8) is 0 Å². The van der Waals surface area contributed by atoms with Gasteiger partial charge in [0.1, 0.15) is 0 Å². The third kappa shape index (κ3) is 3.14. The van der Waals surface area contributed by atoms with Crippen molar-refractivity contribution >= 4 is 22.0 Å². The number of benzene rings is 1. The molecule has 0 fully saturated rings. The maximum atomic E-state index is 12.4. The Morgan fingerprint density at radius 1 is 1.29 bits per heavy atom. The maximum absolute atomic E-state index is 12.4. The molecule has 0 atom stereocenters. The monoisotopic (exact) mass is 268 g/mol. The molecule has 14 heavy (non-hydrogen) atoms. The molecule has 0 aliphatic heterocycles. The SMILES string of the molecule is F/C(=C/c1cccc(Br)c1)C(F)(F)F. The summed E-state index contributed by atoms with van der Waals surface area (Å²) in [4.78, 5) is 0. The summed E-state index contributed by atoms with van der Waals surface area (Å²) in [6, 6.07) is 5.95. The fraction of sp³-hybridized carbons (Fsp3) is 0.111. The van der Waals surface area contributed by atoms with Gasteiger partial charge in [-0.2, -0.15) is 13.2 Å². The highest BCUT2D eigenvalue weighted by atomic mass is 79.9. The lowest BCUT2D eigenvalue weighted by Crippen LogP contribution is -2.07. The van der Waals surface area contributed by atoms with Gasteiger partial charge in [-0.15, -0.1) is 0 Å². The second kappa shape index (κ2) is 4.13. The zero-order chi connectivity index (χ0) is 10.8. The molecule has 0 heterocycles. The summed E-state index contributed by atoms with van der Waals surface area (Å²) in [5.41, 5.74) is 0.161. The van der Waals surface area contributed by atoms with E-state index < -0.39 is 12.0 Å². The first-order chi connectivity index (χ1) is 6.39. The molecule has 0 unspecified atom stereocenters. The zero-order valence-corrected chi connectivity index (χ0v) is 8.36. The van der Waals surface area contributed by atoms with Gasteiger partial charge in [-0.3, -0.25) is 0 Å². The predicted molar refractivity (Wildman–Crippen MR) is 49.3 cm³/mol. The second-order valence-corrected chi connectivity index (χ2v) is 3.46. The molecule has 0 spiro atoms. The highest BCUT2D eigenvalue weighted by Gasteiger charge is 2.34. The molecular weight excluding hydrogens is 264 g/mol. The molecule has 0 aromatic heterocycles. The van der Waals surface area contributed by atoms with E-state index in [0.29, 0.717) is 10.5 Å². The van der Waals surface area contributed by atoms with Crippen molar-refractivity contribution in [1.29, 1.82) is 0 Å². The van der Waals surface area contributed by atoms with Crippen molar-refractivity contribution in [1.82, 2.24) is 0 Å². The molecule has 0 bridgehead atoms. The Kier molecular flexibility index (Phi) is 3.31. The van der Waals surface area contributed by atoms with Crippen molar-refractivity contribution in [2.24, 2.45) is 0 Å². The van der Waals surface area contributed by atoms with Crippen LogP contribution in [0.25, 0.3) is 6.08 Å². The van der Waals surface area contributed by atoms with Crippen LogP contribution >= 0.6 is 15.9 Å². The number of rotatable bonds is 1. The van der Waals surface area contributed by atoms with Crippen molar-refractivity contribution in [2.75, 3.05) is 0 Å². The standard InChI is InChI=1S/C9H5BrF4/c10-7-3-1-2-6(4-7)5-8(11)9(12,13)14/h1-5H/b8-5+. The highest BCUT2D eigenvalue weighted by Crippen LogP contribution is 2.28. The van der Waals surface area contributed by atoms with E-state index in [0.717, 1.165) is 0 Å². The average molecular weight is 269 g/mol. The van der Waals surface area contributed by atoms with Crippen molar-refractivity contribution < 1.29 is 17.6 Å². The van der Waals surface area contributed by atoms with E-state index >= 15 is 0 Å². The molecule has 0 N–H and O–H groups in total. The van der Waals surface area contributed by atoms with E-state index in [1.165, 1.54) is 18.2 Å². The van der Waals surface area contributed by atoms with Crippen LogP contribution in [0.15, 0.2) is 34.6 Å². The summed E-state index contributed by atoms with van der Waals surface area (Å²) < 4.78 is 48.4. The molecule has 1 aromatic carbocycles. The lowest BCUT2D eigenvalue weighted by Gasteiger charge is -2.02. The van der Waals surface area contributed by atoms with Gasteiger partial charge < -0.3 is 0 Å². The third-order valence-electron chi connectivity index (χ3n) is 1.41. The molecule has 0 aliphatic rings. The summed E-state index contributed by atoms with van der Waals surface area (Å²) in [6.07, 6.45) is -4.47. The molecule has 0 saturated carbocycles. The van der Waals surface area contributed by atoms with Gasteiger partial charge in [0.2, 0.25) is 5.83 Å². The highest BCUT2D eigenvalue weighted by molar-refractivity contribution is 9.10. The lowest BCUT2D eigenvalue weighted by atomic mass is 10.2. The molecule has 0 nitrogen and oxygen atoms in total. The van der Waals surface area contributed by atoms with Crippen molar-refractivity contribution in [2.45, 2.75) is 6.18 Å². The van der Waals surface area contributed by atoms with E-state index in [-0.39, 0.29) is 5.56 Å². The number of hydrogen-bond acceptors (Lipinski definition) is 0.